The SMILES string of the molecule is C/C(CC#N)=N\N(C)c1ccccc1. The highest BCUT2D eigenvalue weighted by Crippen LogP contribution is 2.11. The molecule has 0 unspecified atom stereocenters. The Balaban J connectivity index is 2.73. The molecular weight excluding hydrogens is 174 g/mol. The lowest BCUT2D eigenvalue weighted by Crippen LogP contribution is -2.11. The molecule has 0 aromatic heterocycles. The van der Waals surface area contributed by atoms with Crippen molar-refractivity contribution in [2.45, 2.75) is 13.3 Å². The Kier molecular flexibility index (Phi) is 3.69. The van der Waals surface area contributed by atoms with Gasteiger partial charge in [0, 0.05) is 12.8 Å². The number of para-hydroxylation sites is 1. The zero-order valence-corrected chi connectivity index (χ0v) is 8.44. The van der Waals surface area contributed by atoms with Gasteiger partial charge in [0.05, 0.1) is 18.2 Å². The van der Waals surface area contributed by atoms with Gasteiger partial charge in [-0.25, -0.2) is 0 Å². The van der Waals surface area contributed by atoms with Gasteiger partial charge in [0.15, 0.2) is 0 Å². The number of rotatable bonds is 3. The van der Waals surface area contributed by atoms with Gasteiger partial charge in [0.25, 0.3) is 0 Å². The van der Waals surface area contributed by atoms with Crippen molar-refractivity contribution in [2.75, 3.05) is 12.1 Å². The predicted molar refractivity (Wildman–Crippen MR) is 58.2 cm³/mol. The van der Waals surface area contributed by atoms with Gasteiger partial charge < -0.3 is 0 Å². The smallest absolute Gasteiger partial charge is 0.0750 e. The first-order chi connectivity index (χ1) is 6.74. The van der Waals surface area contributed by atoms with E-state index in [1.54, 1.807) is 5.01 Å². The summed E-state index contributed by atoms with van der Waals surface area (Å²) >= 11 is 0. The third-order valence-electron chi connectivity index (χ3n) is 1.79. The number of anilines is 1. The van der Waals surface area contributed by atoms with E-state index in [0.29, 0.717) is 6.42 Å². The molecule has 0 aliphatic rings. The quantitative estimate of drug-likeness (QED) is 0.538. The molecule has 0 bridgehead atoms. The van der Waals surface area contributed by atoms with Crippen molar-refractivity contribution in [3.8, 4) is 6.07 Å². The van der Waals surface area contributed by atoms with E-state index in [4.69, 9.17) is 5.26 Å². The summed E-state index contributed by atoms with van der Waals surface area (Å²) in [6.07, 6.45) is 0.372. The average molecular weight is 187 g/mol. The molecular formula is C11H13N3. The van der Waals surface area contributed by atoms with Gasteiger partial charge in [0.2, 0.25) is 0 Å². The van der Waals surface area contributed by atoms with Crippen LogP contribution in [0.15, 0.2) is 35.4 Å². The monoisotopic (exact) mass is 187 g/mol. The molecule has 1 aromatic carbocycles. The fourth-order valence-corrected chi connectivity index (χ4v) is 1.11. The Labute approximate surface area is 84.3 Å². The van der Waals surface area contributed by atoms with Crippen LogP contribution in [0.25, 0.3) is 0 Å². The summed E-state index contributed by atoms with van der Waals surface area (Å²) in [5.41, 5.74) is 1.84. The third kappa shape index (κ3) is 2.91. The maximum absolute atomic E-state index is 8.47. The van der Waals surface area contributed by atoms with E-state index in [0.717, 1.165) is 11.4 Å². The van der Waals surface area contributed by atoms with Crippen molar-refractivity contribution in [3.05, 3.63) is 30.3 Å². The van der Waals surface area contributed by atoms with Crippen molar-refractivity contribution in [1.29, 1.82) is 5.26 Å². The van der Waals surface area contributed by atoms with Crippen LogP contribution in [0.2, 0.25) is 0 Å². The Morgan fingerprint density at radius 1 is 1.43 bits per heavy atom. The Morgan fingerprint density at radius 3 is 2.64 bits per heavy atom. The van der Waals surface area contributed by atoms with E-state index in [-0.39, 0.29) is 0 Å². The molecule has 0 aliphatic carbocycles. The van der Waals surface area contributed by atoms with Crippen molar-refractivity contribution in [1.82, 2.24) is 0 Å². The van der Waals surface area contributed by atoms with Crippen molar-refractivity contribution < 1.29 is 0 Å². The maximum Gasteiger partial charge on any atom is 0.0750 e. The summed E-state index contributed by atoms with van der Waals surface area (Å²) in [5, 5.41) is 14.5. The van der Waals surface area contributed by atoms with E-state index in [2.05, 4.69) is 11.2 Å². The molecule has 1 rings (SSSR count). The molecule has 3 nitrogen and oxygen atoms in total. The molecule has 3 heteroatoms. The van der Waals surface area contributed by atoms with Crippen LogP contribution in [0.1, 0.15) is 13.3 Å². The minimum absolute atomic E-state index is 0.372. The number of nitriles is 1. The Hall–Kier alpha value is -1.82. The summed E-state index contributed by atoms with van der Waals surface area (Å²) in [5.74, 6) is 0. The standard InChI is InChI=1S/C11H13N3/c1-10(8-9-12)13-14(2)11-6-4-3-5-7-11/h3-7H,8H2,1-2H3/b13-10+. The summed E-state index contributed by atoms with van der Waals surface area (Å²) < 4.78 is 0. The van der Waals surface area contributed by atoms with E-state index in [1.807, 2.05) is 44.3 Å². The number of hydrogen-bond acceptors (Lipinski definition) is 3. The summed E-state index contributed by atoms with van der Waals surface area (Å²) in [6, 6.07) is 11.9. The van der Waals surface area contributed by atoms with Gasteiger partial charge >= 0.3 is 0 Å². The third-order valence-corrected chi connectivity index (χ3v) is 1.79. The number of nitrogens with zero attached hydrogens (tertiary/aromatic N) is 3. The van der Waals surface area contributed by atoms with Crippen LogP contribution in [0.3, 0.4) is 0 Å². The zero-order valence-electron chi connectivity index (χ0n) is 8.44. The highest BCUT2D eigenvalue weighted by Gasteiger charge is 1.97. The first kappa shape index (κ1) is 10.3. The minimum atomic E-state index is 0.372. The lowest BCUT2D eigenvalue weighted by molar-refractivity contribution is 1.01. The molecule has 14 heavy (non-hydrogen) atoms. The predicted octanol–water partition coefficient (Wildman–Crippen LogP) is 2.41. The number of benzene rings is 1. The van der Waals surface area contributed by atoms with E-state index in [1.165, 1.54) is 0 Å². The largest absolute Gasteiger partial charge is 0.269 e. The molecule has 0 heterocycles. The van der Waals surface area contributed by atoms with Crippen molar-refractivity contribution in [2.24, 2.45) is 5.10 Å². The molecule has 0 amide bonds. The van der Waals surface area contributed by atoms with Crippen LogP contribution in [0, 0.1) is 11.3 Å². The summed E-state index contributed by atoms with van der Waals surface area (Å²) in [7, 11) is 1.87. The average Bonchev–Trinajstić information content (AvgIpc) is 2.19. The van der Waals surface area contributed by atoms with Crippen LogP contribution in [-0.2, 0) is 0 Å². The second-order valence-corrected chi connectivity index (χ2v) is 3.03. The number of hydrazone groups is 1. The molecule has 0 spiro atoms. The van der Waals surface area contributed by atoms with Crippen molar-refractivity contribution in [3.63, 3.8) is 0 Å². The molecule has 1 aromatic rings. The van der Waals surface area contributed by atoms with Crippen LogP contribution in [0.4, 0.5) is 5.69 Å². The van der Waals surface area contributed by atoms with E-state index in [9.17, 15) is 0 Å². The lowest BCUT2D eigenvalue weighted by atomic mass is 10.3. The normalized spacial score (nSPS) is 10.8. The molecule has 0 atom stereocenters. The summed E-state index contributed by atoms with van der Waals surface area (Å²) in [6.45, 7) is 1.85. The fourth-order valence-electron chi connectivity index (χ4n) is 1.11. The van der Waals surface area contributed by atoms with Crippen molar-refractivity contribution >= 4 is 11.4 Å². The lowest BCUT2D eigenvalue weighted by Gasteiger charge is -2.13. The van der Waals surface area contributed by atoms with E-state index >= 15 is 0 Å². The molecule has 0 aliphatic heterocycles. The van der Waals surface area contributed by atoms with Crippen LogP contribution in [-0.4, -0.2) is 12.8 Å². The molecule has 0 N–H and O–H groups in total. The fraction of sp³-hybridized carbons (Fsp3) is 0.273. The second kappa shape index (κ2) is 5.03. The first-order valence-electron chi connectivity index (χ1n) is 4.44. The molecule has 0 saturated carbocycles. The Morgan fingerprint density at radius 2 is 2.07 bits per heavy atom. The van der Waals surface area contributed by atoms with Crippen LogP contribution < -0.4 is 5.01 Å². The van der Waals surface area contributed by atoms with Crippen LogP contribution in [0.5, 0.6) is 0 Å². The van der Waals surface area contributed by atoms with Gasteiger partial charge in [-0.1, -0.05) is 18.2 Å². The second-order valence-electron chi connectivity index (χ2n) is 3.03. The maximum atomic E-state index is 8.47. The van der Waals surface area contributed by atoms with E-state index < -0.39 is 0 Å². The topological polar surface area (TPSA) is 39.4 Å². The molecule has 0 saturated heterocycles. The highest BCUT2D eigenvalue weighted by atomic mass is 15.4. The van der Waals surface area contributed by atoms with Gasteiger partial charge in [-0.3, -0.25) is 5.01 Å². The number of hydrogen-bond donors (Lipinski definition) is 0. The minimum Gasteiger partial charge on any atom is -0.269 e. The van der Waals surface area contributed by atoms with Crippen LogP contribution >= 0.6 is 0 Å². The molecule has 72 valence electrons. The Bertz CT molecular complexity index is 349. The van der Waals surface area contributed by atoms with Gasteiger partial charge in [-0.2, -0.15) is 10.4 Å². The highest BCUT2D eigenvalue weighted by molar-refractivity contribution is 5.84. The van der Waals surface area contributed by atoms with Gasteiger partial charge in [0.1, 0.15) is 0 Å². The van der Waals surface area contributed by atoms with Gasteiger partial charge in [-0.05, 0) is 19.1 Å². The first-order valence-corrected chi connectivity index (χ1v) is 4.44. The molecule has 0 fully saturated rings. The molecule has 0 radical (unpaired) electrons. The summed E-state index contributed by atoms with van der Waals surface area (Å²) in [4.78, 5) is 0. The van der Waals surface area contributed by atoms with Gasteiger partial charge in [-0.15, -0.1) is 0 Å². The zero-order chi connectivity index (χ0) is 10.4.